The van der Waals surface area contributed by atoms with Gasteiger partial charge in [-0.25, -0.2) is 19.1 Å². The average molecular weight is 256 g/mol. The zero-order valence-corrected chi connectivity index (χ0v) is 7.87. The number of hydrogen-bond acceptors (Lipinski definition) is 2. The highest BCUT2D eigenvalue weighted by molar-refractivity contribution is 9.10. The van der Waals surface area contributed by atoms with Crippen molar-refractivity contribution in [2.45, 2.75) is 6.61 Å². The Hall–Kier alpha value is -0.590. The highest BCUT2D eigenvalue weighted by atomic mass is 79.9. The van der Waals surface area contributed by atoms with E-state index < -0.39 is 21.9 Å². The summed E-state index contributed by atoms with van der Waals surface area (Å²) in [7, 11) is 0. The zero-order valence-electron chi connectivity index (χ0n) is 6.28. The molecule has 0 aromatic heterocycles. The third-order valence-electron chi connectivity index (χ3n) is 1.42. The van der Waals surface area contributed by atoms with Gasteiger partial charge in [0.15, 0.2) is 11.6 Å². The molecular formula is C7H5BrF3NO. The molecule has 0 saturated carbocycles. The maximum absolute atomic E-state index is 13.0. The van der Waals surface area contributed by atoms with Gasteiger partial charge in [-0.05, 0) is 22.0 Å². The predicted molar refractivity (Wildman–Crippen MR) is 43.0 cm³/mol. The van der Waals surface area contributed by atoms with Crippen LogP contribution in [-0.2, 0) is 11.4 Å². The van der Waals surface area contributed by atoms with Gasteiger partial charge in [0.05, 0.1) is 11.1 Å². The first-order chi connectivity index (χ1) is 6.07. The van der Waals surface area contributed by atoms with E-state index in [1.807, 2.05) is 0 Å². The van der Waals surface area contributed by atoms with E-state index in [2.05, 4.69) is 26.7 Å². The molecule has 0 saturated heterocycles. The minimum atomic E-state index is -1.27. The third kappa shape index (κ3) is 2.01. The number of halogens is 4. The fourth-order valence-electron chi connectivity index (χ4n) is 0.817. The van der Waals surface area contributed by atoms with E-state index in [-0.39, 0.29) is 12.2 Å². The molecule has 0 amide bonds. The molecule has 0 fully saturated rings. The van der Waals surface area contributed by atoms with E-state index in [0.717, 1.165) is 0 Å². The van der Waals surface area contributed by atoms with Crippen molar-refractivity contribution < 1.29 is 18.0 Å². The SMILES string of the molecule is NOCc1cc(F)c(F)c(Br)c1F. The van der Waals surface area contributed by atoms with E-state index in [1.54, 1.807) is 0 Å². The quantitative estimate of drug-likeness (QED) is 0.500. The van der Waals surface area contributed by atoms with Gasteiger partial charge in [0.1, 0.15) is 5.82 Å². The van der Waals surface area contributed by atoms with E-state index >= 15 is 0 Å². The standard InChI is InChI=1S/C7H5BrF3NO/c8-5-6(10)3(2-13-12)1-4(9)7(5)11/h1H,2,12H2. The summed E-state index contributed by atoms with van der Waals surface area (Å²) in [5, 5.41) is 0. The van der Waals surface area contributed by atoms with E-state index in [1.165, 1.54) is 0 Å². The molecule has 0 aliphatic carbocycles. The van der Waals surface area contributed by atoms with Crippen molar-refractivity contribution >= 4 is 15.9 Å². The zero-order chi connectivity index (χ0) is 10.0. The largest absolute Gasteiger partial charge is 0.300 e. The molecular weight excluding hydrogens is 251 g/mol. The predicted octanol–water partition coefficient (Wildman–Crippen LogP) is 2.26. The number of benzene rings is 1. The number of nitrogens with two attached hydrogens (primary N) is 1. The lowest BCUT2D eigenvalue weighted by atomic mass is 10.2. The van der Waals surface area contributed by atoms with Crippen molar-refractivity contribution in [2.24, 2.45) is 5.90 Å². The van der Waals surface area contributed by atoms with Crippen LogP contribution in [0.15, 0.2) is 10.5 Å². The molecule has 0 bridgehead atoms. The van der Waals surface area contributed by atoms with Crippen LogP contribution in [0.2, 0.25) is 0 Å². The number of hydrogen-bond donors (Lipinski definition) is 1. The third-order valence-corrected chi connectivity index (χ3v) is 2.11. The fourth-order valence-corrected chi connectivity index (χ4v) is 1.26. The second kappa shape index (κ2) is 4.08. The summed E-state index contributed by atoms with van der Waals surface area (Å²) in [4.78, 5) is 4.11. The Bertz CT molecular complexity index is 332. The summed E-state index contributed by atoms with van der Waals surface area (Å²) in [6.45, 7) is -0.318. The summed E-state index contributed by atoms with van der Waals surface area (Å²) in [5.74, 6) is 1.34. The Morgan fingerprint density at radius 3 is 2.46 bits per heavy atom. The molecule has 0 unspecified atom stereocenters. The van der Waals surface area contributed by atoms with Crippen LogP contribution in [0, 0.1) is 17.5 Å². The van der Waals surface area contributed by atoms with Gasteiger partial charge < -0.3 is 0 Å². The van der Waals surface area contributed by atoms with Gasteiger partial charge in [0.25, 0.3) is 0 Å². The van der Waals surface area contributed by atoms with Crippen LogP contribution in [0.4, 0.5) is 13.2 Å². The van der Waals surface area contributed by atoms with Gasteiger partial charge in [-0.2, -0.15) is 0 Å². The first kappa shape index (κ1) is 10.5. The minimum absolute atomic E-state index is 0.145. The Kier molecular flexibility index (Phi) is 3.29. The summed E-state index contributed by atoms with van der Waals surface area (Å²) >= 11 is 2.56. The van der Waals surface area contributed by atoms with Gasteiger partial charge >= 0.3 is 0 Å². The molecule has 2 N–H and O–H groups in total. The van der Waals surface area contributed by atoms with Crippen molar-refractivity contribution in [1.29, 1.82) is 0 Å². The van der Waals surface area contributed by atoms with Crippen molar-refractivity contribution in [3.63, 3.8) is 0 Å². The summed E-state index contributed by atoms with van der Waals surface area (Å²) in [6, 6.07) is 0.697. The van der Waals surface area contributed by atoms with Crippen molar-refractivity contribution in [2.75, 3.05) is 0 Å². The van der Waals surface area contributed by atoms with Crippen molar-refractivity contribution in [1.82, 2.24) is 0 Å². The van der Waals surface area contributed by atoms with E-state index in [9.17, 15) is 13.2 Å². The molecule has 13 heavy (non-hydrogen) atoms. The monoisotopic (exact) mass is 255 g/mol. The highest BCUT2D eigenvalue weighted by Gasteiger charge is 2.16. The number of rotatable bonds is 2. The van der Waals surface area contributed by atoms with Crippen LogP contribution < -0.4 is 5.90 Å². The van der Waals surface area contributed by atoms with Gasteiger partial charge in [0.2, 0.25) is 0 Å². The summed E-state index contributed by atoms with van der Waals surface area (Å²) in [6.07, 6.45) is 0. The molecule has 1 aromatic rings. The topological polar surface area (TPSA) is 35.2 Å². The Morgan fingerprint density at radius 1 is 1.31 bits per heavy atom. The first-order valence-corrected chi connectivity index (χ1v) is 4.00. The maximum Gasteiger partial charge on any atom is 0.175 e. The molecule has 0 spiro atoms. The van der Waals surface area contributed by atoms with Crippen LogP contribution in [0.1, 0.15) is 5.56 Å². The lowest BCUT2D eigenvalue weighted by Crippen LogP contribution is -2.04. The molecule has 0 aliphatic rings. The lowest BCUT2D eigenvalue weighted by Gasteiger charge is -2.04. The highest BCUT2D eigenvalue weighted by Crippen LogP contribution is 2.25. The minimum Gasteiger partial charge on any atom is -0.300 e. The molecule has 0 radical (unpaired) electrons. The molecule has 0 heterocycles. The van der Waals surface area contributed by atoms with Crippen LogP contribution in [-0.4, -0.2) is 0 Å². The Balaban J connectivity index is 3.24. The second-order valence-corrected chi connectivity index (χ2v) is 3.06. The lowest BCUT2D eigenvalue weighted by molar-refractivity contribution is 0.121. The molecule has 2 nitrogen and oxygen atoms in total. The van der Waals surface area contributed by atoms with Crippen LogP contribution >= 0.6 is 15.9 Å². The molecule has 1 rings (SSSR count). The molecule has 0 aliphatic heterocycles. The van der Waals surface area contributed by atoms with Crippen molar-refractivity contribution in [3.8, 4) is 0 Å². The molecule has 72 valence electrons. The molecule has 6 heteroatoms. The van der Waals surface area contributed by atoms with Crippen LogP contribution in [0.5, 0.6) is 0 Å². The summed E-state index contributed by atoms with van der Waals surface area (Å²) in [5.41, 5.74) is -0.145. The van der Waals surface area contributed by atoms with Gasteiger partial charge in [-0.3, -0.25) is 4.84 Å². The van der Waals surface area contributed by atoms with Gasteiger partial charge in [-0.1, -0.05) is 0 Å². The van der Waals surface area contributed by atoms with Gasteiger partial charge in [0, 0.05) is 5.56 Å². The normalized spacial score (nSPS) is 10.5. The van der Waals surface area contributed by atoms with Gasteiger partial charge in [-0.15, -0.1) is 0 Å². The van der Waals surface area contributed by atoms with E-state index in [0.29, 0.717) is 6.07 Å². The van der Waals surface area contributed by atoms with Crippen LogP contribution in [0.3, 0.4) is 0 Å². The van der Waals surface area contributed by atoms with Crippen molar-refractivity contribution in [3.05, 3.63) is 33.6 Å². The summed E-state index contributed by atoms with van der Waals surface area (Å²) < 4.78 is 37.8. The average Bonchev–Trinajstić information content (AvgIpc) is 2.11. The smallest absolute Gasteiger partial charge is 0.175 e. The van der Waals surface area contributed by atoms with E-state index in [4.69, 9.17) is 0 Å². The van der Waals surface area contributed by atoms with Crippen LogP contribution in [0.25, 0.3) is 0 Å². The molecule has 0 atom stereocenters. The maximum atomic E-state index is 13.0. The second-order valence-electron chi connectivity index (χ2n) is 2.27. The fraction of sp³-hybridized carbons (Fsp3) is 0.143. The Labute approximate surface area is 80.6 Å². The Morgan fingerprint density at radius 2 is 1.92 bits per heavy atom. The first-order valence-electron chi connectivity index (χ1n) is 3.21. The molecule has 1 aromatic carbocycles.